The third kappa shape index (κ3) is 4.66. The van der Waals surface area contributed by atoms with E-state index < -0.39 is 14.1 Å². The quantitative estimate of drug-likeness (QED) is 0.327. The number of hydrogen-bond donors (Lipinski definition) is 1. The second kappa shape index (κ2) is 10.3. The third-order valence-electron chi connectivity index (χ3n) is 8.04. The first-order chi connectivity index (χ1) is 19.6. The highest BCUT2D eigenvalue weighted by atomic mass is 32.2. The van der Waals surface area contributed by atoms with Crippen molar-refractivity contribution in [2.45, 2.75) is 68.3 Å². The molecule has 0 unspecified atom stereocenters. The Morgan fingerprint density at radius 2 is 1.63 bits per heavy atom. The molecule has 2 aliphatic heterocycles. The van der Waals surface area contributed by atoms with E-state index in [1.807, 2.05) is 24.6 Å². The molecule has 0 amide bonds. The minimum Gasteiger partial charge on any atom is -0.406 e. The molecule has 6 rings (SSSR count). The number of anilines is 1. The van der Waals surface area contributed by atoms with Gasteiger partial charge in [-0.3, -0.25) is 0 Å². The summed E-state index contributed by atoms with van der Waals surface area (Å²) in [5, 5.41) is 12.5. The van der Waals surface area contributed by atoms with Crippen molar-refractivity contribution in [2.24, 2.45) is 0 Å². The van der Waals surface area contributed by atoms with Crippen molar-refractivity contribution in [3.8, 4) is 6.07 Å². The minimum absolute atomic E-state index is 0.0180. The van der Waals surface area contributed by atoms with Crippen LogP contribution in [0.15, 0.2) is 73.2 Å². The van der Waals surface area contributed by atoms with E-state index in [1.165, 1.54) is 16.7 Å². The van der Waals surface area contributed by atoms with Crippen LogP contribution in [0.4, 0.5) is 5.82 Å². The molecule has 0 bridgehead atoms. The molecule has 0 radical (unpaired) electrons. The Morgan fingerprint density at radius 1 is 1.02 bits per heavy atom. The summed E-state index contributed by atoms with van der Waals surface area (Å²) in [4.78, 5) is 8.64. The molecule has 4 aromatic rings. The van der Waals surface area contributed by atoms with Gasteiger partial charge in [0.15, 0.2) is 5.79 Å². The van der Waals surface area contributed by atoms with Crippen LogP contribution in [0.2, 0.25) is 5.04 Å². The second-order valence-corrected chi connectivity index (χ2v) is 17.8. The van der Waals surface area contributed by atoms with Gasteiger partial charge in [-0.05, 0) is 29.3 Å². The van der Waals surface area contributed by atoms with Gasteiger partial charge in [0.2, 0.25) is 0 Å². The van der Waals surface area contributed by atoms with Gasteiger partial charge in [-0.1, -0.05) is 81.4 Å². The molecule has 2 saturated heterocycles. The van der Waals surface area contributed by atoms with Gasteiger partial charge in [-0.25, -0.2) is 9.97 Å². The Balaban J connectivity index is 1.40. The van der Waals surface area contributed by atoms with Gasteiger partial charge in [0, 0.05) is 12.8 Å². The lowest BCUT2D eigenvalue weighted by molar-refractivity contribution is -0.149. The Bertz CT molecular complexity index is 1560. The van der Waals surface area contributed by atoms with Crippen LogP contribution in [-0.2, 0) is 13.9 Å². The molecule has 0 spiro atoms. The lowest BCUT2D eigenvalue weighted by Gasteiger charge is -2.43. The minimum atomic E-state index is -2.75. The Kier molecular flexibility index (Phi) is 6.99. The zero-order valence-electron chi connectivity index (χ0n) is 23.9. The number of aromatic nitrogens is 3. The van der Waals surface area contributed by atoms with Gasteiger partial charge < -0.3 is 24.2 Å². The van der Waals surface area contributed by atoms with Crippen LogP contribution in [-0.4, -0.2) is 52.7 Å². The van der Waals surface area contributed by atoms with Crippen LogP contribution < -0.4 is 16.1 Å². The first-order valence-electron chi connectivity index (χ1n) is 13.8. The van der Waals surface area contributed by atoms with Gasteiger partial charge >= 0.3 is 0 Å². The van der Waals surface area contributed by atoms with Crippen molar-refractivity contribution >= 4 is 47.3 Å². The number of nitrogen functional groups attached to an aromatic ring is 1. The van der Waals surface area contributed by atoms with Gasteiger partial charge in [0.1, 0.15) is 41.4 Å². The molecule has 2 aromatic heterocycles. The molecule has 10 heteroatoms. The predicted octanol–water partition coefficient (Wildman–Crippen LogP) is 4.60. The van der Waals surface area contributed by atoms with E-state index >= 15 is 0 Å². The van der Waals surface area contributed by atoms with Gasteiger partial charge in [-0.2, -0.15) is 5.26 Å². The van der Waals surface area contributed by atoms with Crippen LogP contribution in [0.3, 0.4) is 0 Å². The highest BCUT2D eigenvalue weighted by Crippen LogP contribution is 2.52. The first kappa shape index (κ1) is 27.9. The molecule has 4 atom stereocenters. The number of ether oxygens (including phenoxy) is 2. The fourth-order valence-electron chi connectivity index (χ4n) is 6.37. The van der Waals surface area contributed by atoms with Crippen LogP contribution in [0, 0.1) is 11.3 Å². The van der Waals surface area contributed by atoms with Crippen LogP contribution in [0.25, 0.3) is 11.0 Å². The van der Waals surface area contributed by atoms with Crippen molar-refractivity contribution in [2.75, 3.05) is 12.3 Å². The Hall–Kier alpha value is -3.20. The SMILES string of the molecule is CC1(C)O[C@@H]2[C@H](O1)[C@@H](CO[Si](c1ccccc1)(c1ccccc1)C(C)(C)C)S[C@H]2n1cc(C#N)c2c(N)ncnc21. The fraction of sp³-hybridized carbons (Fsp3) is 0.387. The number of nitrogens with two attached hydrogens (primary N) is 1. The van der Waals surface area contributed by atoms with Crippen LogP contribution in [0.5, 0.6) is 0 Å². The summed E-state index contributed by atoms with van der Waals surface area (Å²) in [6.45, 7) is 11.2. The Morgan fingerprint density at radius 3 is 2.22 bits per heavy atom. The summed E-state index contributed by atoms with van der Waals surface area (Å²) < 4.78 is 22.3. The van der Waals surface area contributed by atoms with E-state index in [9.17, 15) is 5.26 Å². The standard InChI is InChI=1S/C31H35N5O3SSi/c1-30(2,3)41(21-12-8-6-9-13-21,22-14-10-7-11-15-22)37-18-23-25-26(39-31(4,5)38-25)29(40-23)36-17-20(16-32)24-27(33)34-19-35-28(24)36/h6-15,17,19,23,25-26,29H,18H2,1-5H3,(H2,33,34,35)/t23-,25-,26-,29-/m1/s1. The maximum atomic E-state index is 9.85. The highest BCUT2D eigenvalue weighted by Gasteiger charge is 2.57. The molecule has 2 aliphatic rings. The number of benzene rings is 2. The van der Waals surface area contributed by atoms with Crippen molar-refractivity contribution < 1.29 is 13.9 Å². The number of rotatable bonds is 6. The maximum Gasteiger partial charge on any atom is 0.261 e. The molecule has 2 N–H and O–H groups in total. The predicted molar refractivity (Wildman–Crippen MR) is 164 cm³/mol. The topological polar surface area (TPSA) is 108 Å². The van der Waals surface area contributed by atoms with Gasteiger partial charge in [-0.15, -0.1) is 11.8 Å². The number of nitriles is 1. The van der Waals surface area contributed by atoms with E-state index in [2.05, 4.69) is 97.5 Å². The zero-order chi connectivity index (χ0) is 29.0. The summed E-state index contributed by atoms with van der Waals surface area (Å²) in [5.74, 6) is -0.459. The van der Waals surface area contributed by atoms with Gasteiger partial charge in [0.05, 0.1) is 16.2 Å². The number of thioether (sulfide) groups is 1. The van der Waals surface area contributed by atoms with Crippen molar-refractivity contribution in [3.05, 3.63) is 78.8 Å². The number of hydrogen-bond acceptors (Lipinski definition) is 8. The summed E-state index contributed by atoms with van der Waals surface area (Å²) in [5.41, 5.74) is 7.24. The maximum absolute atomic E-state index is 9.85. The Labute approximate surface area is 246 Å². The molecule has 0 saturated carbocycles. The summed E-state index contributed by atoms with van der Waals surface area (Å²) in [7, 11) is -2.75. The zero-order valence-corrected chi connectivity index (χ0v) is 25.8. The molecular weight excluding hydrogens is 551 g/mol. The molecule has 4 heterocycles. The molecule has 0 aliphatic carbocycles. The number of fused-ring (bicyclic) bond motifs is 2. The fourth-order valence-corrected chi connectivity index (χ4v) is 12.6. The van der Waals surface area contributed by atoms with E-state index in [0.717, 1.165) is 0 Å². The van der Waals surface area contributed by atoms with E-state index in [0.29, 0.717) is 29.0 Å². The second-order valence-electron chi connectivity index (χ2n) is 12.1. The van der Waals surface area contributed by atoms with E-state index in [1.54, 1.807) is 11.8 Å². The summed E-state index contributed by atoms with van der Waals surface area (Å²) >= 11 is 1.74. The van der Waals surface area contributed by atoms with E-state index in [-0.39, 0.29) is 27.9 Å². The number of nitrogens with zero attached hydrogens (tertiary/aromatic N) is 4. The first-order valence-corrected chi connectivity index (χ1v) is 16.7. The van der Waals surface area contributed by atoms with Crippen LogP contribution >= 0.6 is 11.8 Å². The molecular formula is C31H35N5O3SSi. The molecule has 41 heavy (non-hydrogen) atoms. The highest BCUT2D eigenvalue weighted by molar-refractivity contribution is 8.00. The normalized spacial score (nSPS) is 23.9. The largest absolute Gasteiger partial charge is 0.406 e. The average molecular weight is 586 g/mol. The van der Waals surface area contributed by atoms with E-state index in [4.69, 9.17) is 19.6 Å². The summed E-state index contributed by atoms with van der Waals surface area (Å²) in [6, 6.07) is 23.6. The van der Waals surface area contributed by atoms with Gasteiger partial charge in [0.25, 0.3) is 8.32 Å². The molecule has 8 nitrogen and oxygen atoms in total. The average Bonchev–Trinajstić information content (AvgIpc) is 3.58. The lowest BCUT2D eigenvalue weighted by atomic mass is 10.1. The molecule has 2 aromatic carbocycles. The smallest absolute Gasteiger partial charge is 0.261 e. The lowest BCUT2D eigenvalue weighted by Crippen LogP contribution is -2.67. The molecule has 2 fully saturated rings. The monoisotopic (exact) mass is 585 g/mol. The van der Waals surface area contributed by atoms with Crippen molar-refractivity contribution in [3.63, 3.8) is 0 Å². The molecule has 212 valence electrons. The van der Waals surface area contributed by atoms with Crippen molar-refractivity contribution in [1.82, 2.24) is 14.5 Å². The van der Waals surface area contributed by atoms with Crippen LogP contribution in [0.1, 0.15) is 45.6 Å². The van der Waals surface area contributed by atoms with Crippen molar-refractivity contribution in [1.29, 1.82) is 5.26 Å². The summed E-state index contributed by atoms with van der Waals surface area (Å²) in [6.07, 6.45) is 2.78. The third-order valence-corrected chi connectivity index (χ3v) is 14.6.